The number of hydrogen-bond donors (Lipinski definition) is 0. The number of rotatable bonds is 2. The normalized spacial score (nSPS) is 11.1. The molecule has 0 bridgehead atoms. The van der Waals surface area contributed by atoms with E-state index in [1.807, 2.05) is 24.4 Å². The van der Waals surface area contributed by atoms with Crippen molar-refractivity contribution in [3.05, 3.63) is 63.5 Å². The van der Waals surface area contributed by atoms with Crippen LogP contribution in [0.4, 0.5) is 0 Å². The largest absolute Gasteiger partial charge is 0.343 e. The first-order valence-corrected chi connectivity index (χ1v) is 6.81. The summed E-state index contributed by atoms with van der Waals surface area (Å²) in [5, 5.41) is 2.91. The lowest BCUT2D eigenvalue weighted by molar-refractivity contribution is 0.835. The molecule has 0 fully saturated rings. The van der Waals surface area contributed by atoms with Crippen molar-refractivity contribution in [2.24, 2.45) is 0 Å². The Morgan fingerprint density at radius 1 is 1.05 bits per heavy atom. The molecular weight excluding hydrogens is 303 g/mol. The fraction of sp³-hybridized carbons (Fsp3) is 0.0714. The van der Waals surface area contributed by atoms with Crippen LogP contribution in [0.2, 0.25) is 15.1 Å². The average molecular weight is 312 g/mol. The highest BCUT2D eigenvalue weighted by atomic mass is 35.5. The smallest absolute Gasteiger partial charge is 0.0639 e. The minimum absolute atomic E-state index is 0.623. The first-order chi connectivity index (χ1) is 9.15. The molecule has 0 aliphatic heterocycles. The minimum atomic E-state index is 0.623. The second-order valence-electron chi connectivity index (χ2n) is 4.23. The van der Waals surface area contributed by atoms with E-state index in [4.69, 9.17) is 34.8 Å². The van der Waals surface area contributed by atoms with Crippen LogP contribution in [0.15, 0.2) is 42.9 Å². The number of nitrogens with zero attached hydrogens (tertiary/aromatic N) is 2. The molecule has 0 N–H and O–H groups in total. The van der Waals surface area contributed by atoms with Crippen molar-refractivity contribution in [2.45, 2.75) is 6.54 Å². The van der Waals surface area contributed by atoms with Gasteiger partial charge in [0.1, 0.15) is 0 Å². The van der Waals surface area contributed by atoms with E-state index in [0.29, 0.717) is 21.6 Å². The van der Waals surface area contributed by atoms with Crippen molar-refractivity contribution in [1.82, 2.24) is 9.55 Å². The van der Waals surface area contributed by atoms with Gasteiger partial charge in [-0.25, -0.2) is 0 Å². The molecule has 0 saturated heterocycles. The zero-order chi connectivity index (χ0) is 13.4. The van der Waals surface area contributed by atoms with Gasteiger partial charge in [0.05, 0.1) is 15.6 Å². The van der Waals surface area contributed by atoms with Gasteiger partial charge in [-0.1, -0.05) is 34.8 Å². The SMILES string of the molecule is Clc1cc(Cl)c2ccn(Cc3ccncc3Cl)c2c1. The predicted molar refractivity (Wildman–Crippen MR) is 80.3 cm³/mol. The second-order valence-corrected chi connectivity index (χ2v) is 5.48. The van der Waals surface area contributed by atoms with Crippen molar-refractivity contribution >= 4 is 45.7 Å². The fourth-order valence-corrected chi connectivity index (χ4v) is 2.80. The Morgan fingerprint density at radius 2 is 1.89 bits per heavy atom. The monoisotopic (exact) mass is 310 g/mol. The van der Waals surface area contributed by atoms with E-state index >= 15 is 0 Å². The summed E-state index contributed by atoms with van der Waals surface area (Å²) in [6.07, 6.45) is 5.35. The van der Waals surface area contributed by atoms with Gasteiger partial charge in [0, 0.05) is 35.5 Å². The minimum Gasteiger partial charge on any atom is -0.343 e. The molecule has 5 heteroatoms. The lowest BCUT2D eigenvalue weighted by Crippen LogP contribution is -1.98. The summed E-state index contributed by atoms with van der Waals surface area (Å²) in [6.45, 7) is 0.654. The van der Waals surface area contributed by atoms with Gasteiger partial charge in [0.25, 0.3) is 0 Å². The maximum atomic E-state index is 6.18. The number of aromatic nitrogens is 2. The molecule has 3 rings (SSSR count). The van der Waals surface area contributed by atoms with Crippen molar-refractivity contribution in [3.8, 4) is 0 Å². The number of fused-ring (bicyclic) bond motifs is 1. The topological polar surface area (TPSA) is 17.8 Å². The summed E-state index contributed by atoms with van der Waals surface area (Å²) in [7, 11) is 0. The molecule has 2 nitrogen and oxygen atoms in total. The maximum absolute atomic E-state index is 6.18. The Balaban J connectivity index is 2.09. The molecule has 0 aliphatic carbocycles. The van der Waals surface area contributed by atoms with Gasteiger partial charge in [-0.3, -0.25) is 4.98 Å². The lowest BCUT2D eigenvalue weighted by atomic mass is 10.2. The van der Waals surface area contributed by atoms with E-state index in [2.05, 4.69) is 9.55 Å². The van der Waals surface area contributed by atoms with E-state index in [1.165, 1.54) is 0 Å². The third-order valence-corrected chi connectivity index (χ3v) is 3.87. The third kappa shape index (κ3) is 2.44. The van der Waals surface area contributed by atoms with E-state index in [-0.39, 0.29) is 0 Å². The molecule has 19 heavy (non-hydrogen) atoms. The maximum Gasteiger partial charge on any atom is 0.0639 e. The van der Waals surface area contributed by atoms with Crippen LogP contribution in [-0.2, 0) is 6.54 Å². The van der Waals surface area contributed by atoms with Crippen LogP contribution in [0.5, 0.6) is 0 Å². The molecule has 0 radical (unpaired) electrons. The summed E-state index contributed by atoms with van der Waals surface area (Å²) in [5.41, 5.74) is 2.00. The highest BCUT2D eigenvalue weighted by Crippen LogP contribution is 2.29. The Kier molecular flexibility index (Phi) is 3.40. The Bertz CT molecular complexity index is 750. The van der Waals surface area contributed by atoms with Crippen LogP contribution in [0, 0.1) is 0 Å². The molecule has 0 aliphatic rings. The standard InChI is InChI=1S/C14H9Cl3N2/c15-10-5-12(16)11-2-4-19(14(11)6-10)8-9-1-3-18-7-13(9)17/h1-7H,8H2. The van der Waals surface area contributed by atoms with Crippen molar-refractivity contribution in [3.63, 3.8) is 0 Å². The van der Waals surface area contributed by atoms with Crippen molar-refractivity contribution in [2.75, 3.05) is 0 Å². The van der Waals surface area contributed by atoms with Gasteiger partial charge in [0.2, 0.25) is 0 Å². The number of benzene rings is 1. The van der Waals surface area contributed by atoms with Crippen molar-refractivity contribution in [1.29, 1.82) is 0 Å². The molecule has 0 saturated carbocycles. The van der Waals surface area contributed by atoms with Gasteiger partial charge >= 0.3 is 0 Å². The molecule has 0 unspecified atom stereocenters. The lowest BCUT2D eigenvalue weighted by Gasteiger charge is -2.07. The zero-order valence-corrected chi connectivity index (χ0v) is 12.0. The molecule has 0 spiro atoms. The summed E-state index contributed by atoms with van der Waals surface area (Å²) in [5.74, 6) is 0. The van der Waals surface area contributed by atoms with Crippen LogP contribution in [0.3, 0.4) is 0 Å². The Hall–Kier alpha value is -1.22. The first kappa shape index (κ1) is 12.8. The number of halogens is 3. The molecule has 0 amide bonds. The molecule has 1 aromatic carbocycles. The van der Waals surface area contributed by atoms with Crippen LogP contribution in [-0.4, -0.2) is 9.55 Å². The summed E-state index contributed by atoms with van der Waals surface area (Å²) >= 11 is 18.4. The molecule has 2 aromatic heterocycles. The highest BCUT2D eigenvalue weighted by molar-refractivity contribution is 6.38. The van der Waals surface area contributed by atoms with Gasteiger partial charge in [0.15, 0.2) is 0 Å². The highest BCUT2D eigenvalue weighted by Gasteiger charge is 2.08. The van der Waals surface area contributed by atoms with Crippen LogP contribution in [0.25, 0.3) is 10.9 Å². The number of hydrogen-bond acceptors (Lipinski definition) is 1. The molecular formula is C14H9Cl3N2. The molecule has 0 atom stereocenters. The zero-order valence-electron chi connectivity index (χ0n) is 9.78. The van der Waals surface area contributed by atoms with E-state index in [0.717, 1.165) is 16.5 Å². The van der Waals surface area contributed by atoms with Gasteiger partial charge < -0.3 is 4.57 Å². The predicted octanol–water partition coefficient (Wildman–Crippen LogP) is 5.04. The average Bonchev–Trinajstić information content (AvgIpc) is 2.76. The summed E-state index contributed by atoms with van der Waals surface area (Å²) in [6, 6.07) is 7.52. The molecule has 96 valence electrons. The van der Waals surface area contributed by atoms with E-state index in [9.17, 15) is 0 Å². The molecule has 3 aromatic rings. The number of pyridine rings is 1. The van der Waals surface area contributed by atoms with Gasteiger partial charge in [-0.15, -0.1) is 0 Å². The quantitative estimate of drug-likeness (QED) is 0.648. The van der Waals surface area contributed by atoms with Gasteiger partial charge in [-0.05, 0) is 29.8 Å². The summed E-state index contributed by atoms with van der Waals surface area (Å²) in [4.78, 5) is 3.98. The third-order valence-electron chi connectivity index (χ3n) is 3.00. The van der Waals surface area contributed by atoms with E-state index in [1.54, 1.807) is 18.5 Å². The Labute approximate surface area is 125 Å². The van der Waals surface area contributed by atoms with Crippen LogP contribution < -0.4 is 0 Å². The van der Waals surface area contributed by atoms with Crippen LogP contribution >= 0.6 is 34.8 Å². The van der Waals surface area contributed by atoms with Crippen molar-refractivity contribution < 1.29 is 0 Å². The van der Waals surface area contributed by atoms with Gasteiger partial charge in [-0.2, -0.15) is 0 Å². The first-order valence-electron chi connectivity index (χ1n) is 5.67. The summed E-state index contributed by atoms with van der Waals surface area (Å²) < 4.78 is 2.06. The van der Waals surface area contributed by atoms with E-state index < -0.39 is 0 Å². The molecule has 2 heterocycles. The Morgan fingerprint density at radius 3 is 2.68 bits per heavy atom. The van der Waals surface area contributed by atoms with Crippen LogP contribution in [0.1, 0.15) is 5.56 Å². The fourth-order valence-electron chi connectivity index (χ4n) is 2.07. The second kappa shape index (κ2) is 5.04.